The van der Waals surface area contributed by atoms with E-state index in [2.05, 4.69) is 38.2 Å². The molecule has 4 aromatic rings. The van der Waals surface area contributed by atoms with Crippen molar-refractivity contribution in [2.24, 2.45) is 0 Å². The van der Waals surface area contributed by atoms with E-state index in [9.17, 15) is 9.59 Å². The van der Waals surface area contributed by atoms with Gasteiger partial charge in [0.1, 0.15) is 11.3 Å². The SMILES string of the molecule is CC(C)(C)c1ccc(-c2cc(=O)c3ccc(NC(=O)/C=C/c4ccccc4)cc3o2)cc1. The number of hydrogen-bond acceptors (Lipinski definition) is 3. The lowest BCUT2D eigenvalue weighted by Crippen LogP contribution is -2.10. The van der Waals surface area contributed by atoms with Crippen LogP contribution in [0.25, 0.3) is 28.4 Å². The zero-order valence-corrected chi connectivity index (χ0v) is 18.4. The van der Waals surface area contributed by atoms with Crippen LogP contribution in [0.4, 0.5) is 5.69 Å². The molecule has 4 heteroatoms. The molecule has 0 saturated heterocycles. The number of rotatable bonds is 4. The van der Waals surface area contributed by atoms with Crippen molar-refractivity contribution in [1.29, 1.82) is 0 Å². The third-order valence-electron chi connectivity index (χ3n) is 5.26. The monoisotopic (exact) mass is 423 g/mol. The van der Waals surface area contributed by atoms with E-state index in [-0.39, 0.29) is 16.8 Å². The maximum atomic E-state index is 12.6. The molecule has 1 aromatic heterocycles. The first kappa shape index (κ1) is 21.3. The van der Waals surface area contributed by atoms with Gasteiger partial charge in [-0.2, -0.15) is 0 Å². The number of anilines is 1. The minimum absolute atomic E-state index is 0.0464. The first-order valence-electron chi connectivity index (χ1n) is 10.5. The van der Waals surface area contributed by atoms with Crippen molar-refractivity contribution in [2.45, 2.75) is 26.2 Å². The van der Waals surface area contributed by atoms with Gasteiger partial charge in [-0.1, -0.05) is 75.4 Å². The molecular formula is C28H25NO3. The molecule has 4 nitrogen and oxygen atoms in total. The van der Waals surface area contributed by atoms with Crippen LogP contribution in [-0.2, 0) is 10.2 Å². The van der Waals surface area contributed by atoms with Crippen LogP contribution >= 0.6 is 0 Å². The molecule has 0 unspecified atom stereocenters. The summed E-state index contributed by atoms with van der Waals surface area (Å²) in [6.45, 7) is 6.47. The summed E-state index contributed by atoms with van der Waals surface area (Å²) in [7, 11) is 0. The van der Waals surface area contributed by atoms with Crippen molar-refractivity contribution < 1.29 is 9.21 Å². The highest BCUT2D eigenvalue weighted by Gasteiger charge is 2.14. The summed E-state index contributed by atoms with van der Waals surface area (Å²) in [4.78, 5) is 24.9. The predicted octanol–water partition coefficient (Wildman–Crippen LogP) is 6.41. The van der Waals surface area contributed by atoms with E-state index < -0.39 is 0 Å². The van der Waals surface area contributed by atoms with E-state index in [4.69, 9.17) is 4.42 Å². The lowest BCUT2D eigenvalue weighted by molar-refractivity contribution is -0.111. The van der Waals surface area contributed by atoms with Crippen LogP contribution in [0, 0.1) is 0 Å². The molecule has 1 heterocycles. The molecule has 0 spiro atoms. The average Bonchev–Trinajstić information content (AvgIpc) is 2.77. The van der Waals surface area contributed by atoms with E-state index in [0.717, 1.165) is 11.1 Å². The van der Waals surface area contributed by atoms with E-state index >= 15 is 0 Å². The summed E-state index contributed by atoms with van der Waals surface area (Å²) in [6.07, 6.45) is 3.22. The molecule has 0 atom stereocenters. The Morgan fingerprint density at radius 1 is 0.906 bits per heavy atom. The molecule has 32 heavy (non-hydrogen) atoms. The van der Waals surface area contributed by atoms with Crippen LogP contribution in [0.3, 0.4) is 0 Å². The molecule has 1 amide bonds. The van der Waals surface area contributed by atoms with Gasteiger partial charge in [-0.15, -0.1) is 0 Å². The summed E-state index contributed by atoms with van der Waals surface area (Å²) in [5.41, 5.74) is 3.89. The van der Waals surface area contributed by atoms with Crippen molar-refractivity contribution in [3.05, 3.63) is 106 Å². The first-order chi connectivity index (χ1) is 15.3. The first-order valence-corrected chi connectivity index (χ1v) is 10.5. The molecule has 0 fully saturated rings. The van der Waals surface area contributed by atoms with Gasteiger partial charge in [-0.25, -0.2) is 0 Å². The Kier molecular flexibility index (Phi) is 5.78. The Bertz CT molecular complexity index is 1340. The Labute approximate surface area is 187 Å². The van der Waals surface area contributed by atoms with E-state index in [1.165, 1.54) is 17.7 Å². The van der Waals surface area contributed by atoms with Crippen LogP contribution in [0.5, 0.6) is 0 Å². The normalized spacial score (nSPS) is 11.7. The van der Waals surface area contributed by atoms with Gasteiger partial charge in [0, 0.05) is 29.5 Å². The Morgan fingerprint density at radius 2 is 1.62 bits per heavy atom. The van der Waals surface area contributed by atoms with Gasteiger partial charge in [0.25, 0.3) is 0 Å². The highest BCUT2D eigenvalue weighted by Crippen LogP contribution is 2.28. The lowest BCUT2D eigenvalue weighted by Gasteiger charge is -2.19. The number of hydrogen-bond donors (Lipinski definition) is 1. The summed E-state index contributed by atoms with van der Waals surface area (Å²) in [6, 6.07) is 24.2. The molecule has 3 aromatic carbocycles. The second-order valence-electron chi connectivity index (χ2n) is 8.75. The molecule has 0 bridgehead atoms. The number of fused-ring (bicyclic) bond motifs is 1. The molecule has 4 rings (SSSR count). The third-order valence-corrected chi connectivity index (χ3v) is 5.26. The summed E-state index contributed by atoms with van der Waals surface area (Å²) in [5, 5.41) is 3.29. The number of nitrogens with one attached hydrogen (secondary N) is 1. The van der Waals surface area contributed by atoms with Crippen LogP contribution in [0.1, 0.15) is 31.9 Å². The number of carbonyl (C=O) groups is 1. The smallest absolute Gasteiger partial charge is 0.248 e. The maximum Gasteiger partial charge on any atom is 0.248 e. The van der Waals surface area contributed by atoms with Gasteiger partial charge in [0.2, 0.25) is 5.91 Å². The minimum atomic E-state index is -0.260. The standard InChI is InChI=1S/C28H25NO3/c1-28(2,3)21-12-10-20(11-13-21)25-18-24(30)23-15-14-22(17-26(23)32-25)29-27(31)16-9-19-7-5-4-6-8-19/h4-18H,1-3H3,(H,29,31)/b16-9+. The van der Waals surface area contributed by atoms with Gasteiger partial charge in [0.15, 0.2) is 5.43 Å². The Balaban J connectivity index is 1.60. The highest BCUT2D eigenvalue weighted by atomic mass is 16.3. The molecule has 160 valence electrons. The van der Waals surface area contributed by atoms with Gasteiger partial charge in [0.05, 0.1) is 5.39 Å². The third kappa shape index (κ3) is 4.86. The molecule has 1 N–H and O–H groups in total. The second kappa shape index (κ2) is 8.67. The number of benzene rings is 3. The van der Waals surface area contributed by atoms with Gasteiger partial charge >= 0.3 is 0 Å². The topological polar surface area (TPSA) is 59.3 Å². The van der Waals surface area contributed by atoms with Gasteiger partial charge in [-0.3, -0.25) is 9.59 Å². The summed E-state index contributed by atoms with van der Waals surface area (Å²) >= 11 is 0. The van der Waals surface area contributed by atoms with Crippen LogP contribution in [0.15, 0.2) is 94.2 Å². The van der Waals surface area contributed by atoms with Gasteiger partial charge < -0.3 is 9.73 Å². The van der Waals surface area contributed by atoms with Crippen molar-refractivity contribution in [2.75, 3.05) is 5.32 Å². The fourth-order valence-corrected chi connectivity index (χ4v) is 3.43. The fraction of sp³-hybridized carbons (Fsp3) is 0.143. The molecule has 0 aliphatic carbocycles. The zero-order valence-electron chi connectivity index (χ0n) is 18.4. The largest absolute Gasteiger partial charge is 0.456 e. The quantitative estimate of drug-likeness (QED) is 0.386. The zero-order chi connectivity index (χ0) is 22.7. The molecular weight excluding hydrogens is 398 g/mol. The van der Waals surface area contributed by atoms with Crippen LogP contribution in [-0.4, -0.2) is 5.91 Å². The summed E-state index contributed by atoms with van der Waals surface area (Å²) < 4.78 is 6.04. The predicted molar refractivity (Wildman–Crippen MR) is 131 cm³/mol. The summed E-state index contributed by atoms with van der Waals surface area (Å²) in [5.74, 6) is 0.236. The second-order valence-corrected chi connectivity index (χ2v) is 8.75. The van der Waals surface area contributed by atoms with E-state index in [0.29, 0.717) is 22.4 Å². The highest BCUT2D eigenvalue weighted by molar-refractivity contribution is 6.02. The van der Waals surface area contributed by atoms with E-state index in [1.54, 1.807) is 24.3 Å². The Hall–Kier alpha value is -3.92. The van der Waals surface area contributed by atoms with Gasteiger partial charge in [-0.05, 0) is 34.8 Å². The number of carbonyl (C=O) groups excluding carboxylic acids is 1. The molecule has 0 radical (unpaired) electrons. The van der Waals surface area contributed by atoms with Crippen LogP contribution in [0.2, 0.25) is 0 Å². The van der Waals surface area contributed by atoms with Crippen molar-refractivity contribution in [3.63, 3.8) is 0 Å². The molecule has 0 saturated carbocycles. The van der Waals surface area contributed by atoms with E-state index in [1.807, 2.05) is 42.5 Å². The maximum absolute atomic E-state index is 12.6. The lowest BCUT2D eigenvalue weighted by atomic mass is 9.86. The van der Waals surface area contributed by atoms with Crippen LogP contribution < -0.4 is 10.7 Å². The minimum Gasteiger partial charge on any atom is -0.456 e. The Morgan fingerprint density at radius 3 is 2.31 bits per heavy atom. The van der Waals surface area contributed by atoms with Crippen molar-refractivity contribution >= 4 is 28.6 Å². The fourth-order valence-electron chi connectivity index (χ4n) is 3.43. The molecule has 0 aliphatic rings. The number of amides is 1. The van der Waals surface area contributed by atoms with Crippen molar-refractivity contribution in [1.82, 2.24) is 0 Å². The van der Waals surface area contributed by atoms with Crippen molar-refractivity contribution in [3.8, 4) is 11.3 Å². The average molecular weight is 424 g/mol. The molecule has 0 aliphatic heterocycles.